The molecule has 7 heteroatoms. The van der Waals surface area contributed by atoms with Gasteiger partial charge in [-0.15, -0.1) is 0 Å². The summed E-state index contributed by atoms with van der Waals surface area (Å²) in [4.78, 5) is 12.0. The molecule has 0 amide bonds. The number of benzene rings is 2. The lowest BCUT2D eigenvalue weighted by molar-refractivity contribution is 0.0768. The molecule has 2 aromatic rings. The van der Waals surface area contributed by atoms with Gasteiger partial charge in [0.05, 0.1) is 16.3 Å². The van der Waals surface area contributed by atoms with Crippen LogP contribution in [0.15, 0.2) is 51.7 Å². The first-order valence-electron chi connectivity index (χ1n) is 5.55. The molecule has 20 heavy (non-hydrogen) atoms. The molecular weight excluding hydrogens is 321 g/mol. The van der Waals surface area contributed by atoms with Gasteiger partial charge in [0, 0.05) is 5.02 Å². The van der Waals surface area contributed by atoms with E-state index in [0.29, 0.717) is 5.02 Å². The largest absolute Gasteiger partial charge is 0.354 e. The fraction of sp³-hybridized carbons (Fsp3) is 0. The van der Waals surface area contributed by atoms with Crippen LogP contribution in [0, 0.1) is 0 Å². The van der Waals surface area contributed by atoms with E-state index in [1.165, 1.54) is 12.1 Å². The van der Waals surface area contributed by atoms with Crippen LogP contribution in [0.5, 0.6) is 0 Å². The molecule has 102 valence electrons. The number of carbonyl (C=O) groups excluding carboxylic acids is 1. The van der Waals surface area contributed by atoms with Crippen LogP contribution in [-0.2, 0) is 14.2 Å². The standard InChI is InChI=1S/C13H7Cl2NO3S/c14-8-5-6-11(10(15)7-8)16-20(18)12-4-2-1-3-9(12)13(17)19-20/h1-7H. The highest BCUT2D eigenvalue weighted by molar-refractivity contribution is 7.90. The summed E-state index contributed by atoms with van der Waals surface area (Å²) in [5.41, 5.74) is 0.511. The molecule has 0 saturated heterocycles. The SMILES string of the molecule is O=C1OS(=O)(=Nc2ccc(Cl)cc2Cl)c2ccccc21. The van der Waals surface area contributed by atoms with Crippen LogP contribution >= 0.6 is 23.2 Å². The van der Waals surface area contributed by atoms with Crippen molar-refractivity contribution in [3.8, 4) is 0 Å². The van der Waals surface area contributed by atoms with Crippen molar-refractivity contribution in [2.45, 2.75) is 4.90 Å². The molecule has 3 rings (SSSR count). The first-order valence-corrected chi connectivity index (χ1v) is 7.74. The first-order chi connectivity index (χ1) is 9.49. The minimum Gasteiger partial charge on any atom is -0.351 e. The maximum atomic E-state index is 12.7. The van der Waals surface area contributed by atoms with Gasteiger partial charge in [-0.2, -0.15) is 4.36 Å². The van der Waals surface area contributed by atoms with E-state index in [-0.39, 0.29) is 21.2 Å². The molecule has 0 radical (unpaired) electrons. The van der Waals surface area contributed by atoms with Crippen molar-refractivity contribution in [3.05, 3.63) is 58.1 Å². The third kappa shape index (κ3) is 2.18. The van der Waals surface area contributed by atoms with Crippen LogP contribution in [0.4, 0.5) is 5.69 Å². The van der Waals surface area contributed by atoms with Gasteiger partial charge in [0.15, 0.2) is 0 Å². The molecule has 1 aliphatic rings. The molecule has 0 saturated carbocycles. The van der Waals surface area contributed by atoms with Crippen molar-refractivity contribution in [1.82, 2.24) is 0 Å². The first kappa shape index (κ1) is 13.4. The summed E-state index contributed by atoms with van der Waals surface area (Å²) >= 11 is 11.8. The van der Waals surface area contributed by atoms with Crippen molar-refractivity contribution in [2.75, 3.05) is 0 Å². The number of hydrogen-bond acceptors (Lipinski definition) is 4. The lowest BCUT2D eigenvalue weighted by Crippen LogP contribution is -1.99. The highest BCUT2D eigenvalue weighted by Gasteiger charge is 2.33. The summed E-state index contributed by atoms with van der Waals surface area (Å²) in [6, 6.07) is 11.0. The summed E-state index contributed by atoms with van der Waals surface area (Å²) in [7, 11) is -3.30. The normalized spacial score (nSPS) is 20.4. The second-order valence-corrected chi connectivity index (χ2v) is 6.61. The van der Waals surface area contributed by atoms with E-state index in [2.05, 4.69) is 4.36 Å². The summed E-state index contributed by atoms with van der Waals surface area (Å²) in [5, 5.41) is 0.674. The average molecular weight is 328 g/mol. The van der Waals surface area contributed by atoms with Gasteiger partial charge in [-0.05, 0) is 30.3 Å². The predicted molar refractivity (Wildman–Crippen MR) is 76.8 cm³/mol. The van der Waals surface area contributed by atoms with Crippen LogP contribution in [0.1, 0.15) is 10.4 Å². The summed E-state index contributed by atoms with van der Waals surface area (Å²) in [6.45, 7) is 0. The molecule has 0 aliphatic carbocycles. The fourth-order valence-corrected chi connectivity index (χ4v) is 3.92. The van der Waals surface area contributed by atoms with Gasteiger partial charge in [0.1, 0.15) is 4.90 Å². The highest BCUT2D eigenvalue weighted by Crippen LogP contribution is 2.35. The van der Waals surface area contributed by atoms with Crippen molar-refractivity contribution in [2.24, 2.45) is 4.36 Å². The third-order valence-electron chi connectivity index (χ3n) is 2.70. The Balaban J connectivity index is 2.22. The predicted octanol–water partition coefficient (Wildman–Crippen LogP) is 4.24. The van der Waals surface area contributed by atoms with E-state index in [0.717, 1.165) is 0 Å². The number of halogens is 2. The number of carbonyl (C=O) groups is 1. The number of rotatable bonds is 1. The monoisotopic (exact) mass is 327 g/mol. The molecule has 2 aromatic carbocycles. The summed E-state index contributed by atoms with van der Waals surface area (Å²) < 4.78 is 21.7. The van der Waals surface area contributed by atoms with Crippen LogP contribution < -0.4 is 0 Å². The van der Waals surface area contributed by atoms with Gasteiger partial charge in [0.2, 0.25) is 10.0 Å². The number of hydrogen-bond donors (Lipinski definition) is 0. The zero-order chi connectivity index (χ0) is 14.3. The summed E-state index contributed by atoms with van der Waals surface area (Å²) in [6.07, 6.45) is 0. The van der Waals surface area contributed by atoms with E-state index < -0.39 is 16.0 Å². The minimum atomic E-state index is -3.30. The lowest BCUT2D eigenvalue weighted by atomic mass is 10.2. The van der Waals surface area contributed by atoms with Crippen LogP contribution in [-0.4, -0.2) is 10.2 Å². The van der Waals surface area contributed by atoms with Crippen molar-refractivity contribution < 1.29 is 13.2 Å². The van der Waals surface area contributed by atoms with Gasteiger partial charge in [-0.3, -0.25) is 0 Å². The fourth-order valence-electron chi connectivity index (χ4n) is 1.81. The van der Waals surface area contributed by atoms with Crippen molar-refractivity contribution in [3.63, 3.8) is 0 Å². The second-order valence-electron chi connectivity index (χ2n) is 4.03. The zero-order valence-corrected chi connectivity index (χ0v) is 12.2. The average Bonchev–Trinajstić information content (AvgIpc) is 2.66. The molecule has 0 bridgehead atoms. The topological polar surface area (TPSA) is 55.7 Å². The Hall–Kier alpha value is -1.56. The van der Waals surface area contributed by atoms with Crippen LogP contribution in [0.2, 0.25) is 10.0 Å². The smallest absolute Gasteiger partial charge is 0.351 e. The van der Waals surface area contributed by atoms with Crippen LogP contribution in [0.25, 0.3) is 0 Å². The Kier molecular flexibility index (Phi) is 3.20. The molecular formula is C13H7Cl2NO3S. The van der Waals surface area contributed by atoms with Gasteiger partial charge in [-0.1, -0.05) is 35.3 Å². The Morgan fingerprint density at radius 1 is 1.10 bits per heavy atom. The molecule has 4 nitrogen and oxygen atoms in total. The van der Waals surface area contributed by atoms with Crippen LogP contribution in [0.3, 0.4) is 0 Å². The Bertz CT molecular complexity index is 841. The van der Waals surface area contributed by atoms with E-state index >= 15 is 0 Å². The van der Waals surface area contributed by atoms with E-state index in [9.17, 15) is 9.00 Å². The lowest BCUT2D eigenvalue weighted by Gasteiger charge is -2.03. The zero-order valence-electron chi connectivity index (χ0n) is 9.88. The van der Waals surface area contributed by atoms with E-state index in [1.54, 1.807) is 30.3 Å². The van der Waals surface area contributed by atoms with Gasteiger partial charge < -0.3 is 4.18 Å². The Labute approximate surface area is 125 Å². The highest BCUT2D eigenvalue weighted by atomic mass is 35.5. The van der Waals surface area contributed by atoms with E-state index in [1.807, 2.05) is 0 Å². The molecule has 1 atom stereocenters. The summed E-state index contributed by atoms with van der Waals surface area (Å²) in [5.74, 6) is -0.653. The Morgan fingerprint density at radius 2 is 1.85 bits per heavy atom. The number of fused-ring (bicyclic) bond motifs is 1. The molecule has 1 aliphatic heterocycles. The van der Waals surface area contributed by atoms with Crippen molar-refractivity contribution in [1.29, 1.82) is 0 Å². The minimum absolute atomic E-state index is 0.237. The van der Waals surface area contributed by atoms with Crippen molar-refractivity contribution >= 4 is 44.9 Å². The molecule has 1 unspecified atom stereocenters. The molecule has 0 spiro atoms. The Morgan fingerprint density at radius 3 is 2.60 bits per heavy atom. The quantitative estimate of drug-likeness (QED) is 0.787. The second kappa shape index (κ2) is 4.77. The molecule has 0 aromatic heterocycles. The molecule has 0 N–H and O–H groups in total. The molecule has 1 heterocycles. The third-order valence-corrected chi connectivity index (χ3v) is 4.97. The van der Waals surface area contributed by atoms with Gasteiger partial charge in [-0.25, -0.2) is 9.00 Å². The number of nitrogens with zero attached hydrogens (tertiary/aromatic N) is 1. The van der Waals surface area contributed by atoms with E-state index in [4.69, 9.17) is 27.4 Å². The molecule has 0 fully saturated rings. The maximum Gasteiger partial charge on any atom is 0.354 e. The van der Waals surface area contributed by atoms with Gasteiger partial charge in [0.25, 0.3) is 0 Å². The van der Waals surface area contributed by atoms with Gasteiger partial charge >= 0.3 is 5.97 Å². The maximum absolute atomic E-state index is 12.7.